The van der Waals surface area contributed by atoms with Crippen LogP contribution in [0.3, 0.4) is 0 Å². The molecule has 0 rings (SSSR count). The molecule has 102 valence electrons. The number of hydrogen-bond donors (Lipinski definition) is 3. The second-order valence-corrected chi connectivity index (χ2v) is 3.94. The fourth-order valence-corrected chi connectivity index (χ4v) is 1.39. The summed E-state index contributed by atoms with van der Waals surface area (Å²) in [5.41, 5.74) is 0. The third-order valence-corrected chi connectivity index (χ3v) is 2.35. The van der Waals surface area contributed by atoms with E-state index in [9.17, 15) is 14.4 Å². The van der Waals surface area contributed by atoms with Crippen LogP contribution in [0.2, 0.25) is 0 Å². The van der Waals surface area contributed by atoms with Gasteiger partial charge in [0.15, 0.2) is 5.78 Å². The minimum Gasteiger partial charge on any atom is -0.478 e. The van der Waals surface area contributed by atoms with Gasteiger partial charge in [-0.2, -0.15) is 0 Å². The normalized spacial score (nSPS) is 12.3. The third-order valence-electron chi connectivity index (χ3n) is 2.35. The molecule has 0 aromatic heterocycles. The second-order valence-electron chi connectivity index (χ2n) is 3.94. The molecule has 0 fully saturated rings. The fourth-order valence-electron chi connectivity index (χ4n) is 1.39. The van der Waals surface area contributed by atoms with Crippen LogP contribution in [-0.4, -0.2) is 42.4 Å². The first-order valence-electron chi connectivity index (χ1n) is 5.84. The number of carbonyl (C=O) groups is 3. The van der Waals surface area contributed by atoms with Gasteiger partial charge in [-0.05, 0) is 39.8 Å². The zero-order valence-electron chi connectivity index (χ0n) is 10.7. The summed E-state index contributed by atoms with van der Waals surface area (Å²) in [6.45, 7) is 2.27. The molecule has 0 aliphatic carbocycles. The monoisotopic (exact) mass is 256 g/mol. The molecule has 0 unspecified atom stereocenters. The Morgan fingerprint density at radius 3 is 2.39 bits per heavy atom. The maximum absolute atomic E-state index is 11.3. The summed E-state index contributed by atoms with van der Waals surface area (Å²) in [7, 11) is 1.85. The van der Waals surface area contributed by atoms with Crippen LogP contribution in [0.1, 0.15) is 26.2 Å². The Balaban J connectivity index is 4.15. The van der Waals surface area contributed by atoms with E-state index in [-0.39, 0.29) is 5.78 Å². The first kappa shape index (κ1) is 16.3. The molecule has 0 spiro atoms. The Kier molecular flexibility index (Phi) is 8.47. The summed E-state index contributed by atoms with van der Waals surface area (Å²) in [5.74, 6) is -1.89. The molecule has 0 aromatic rings. The lowest BCUT2D eigenvalue weighted by Crippen LogP contribution is -2.39. The number of ketones is 1. The Morgan fingerprint density at radius 1 is 1.22 bits per heavy atom. The third kappa shape index (κ3) is 8.46. The molecule has 0 saturated carbocycles. The smallest absolute Gasteiger partial charge is 0.328 e. The molecule has 1 atom stereocenters. The average molecular weight is 256 g/mol. The highest BCUT2D eigenvalue weighted by atomic mass is 16.4. The van der Waals surface area contributed by atoms with Crippen LogP contribution >= 0.6 is 0 Å². The van der Waals surface area contributed by atoms with Gasteiger partial charge >= 0.3 is 5.97 Å². The number of carboxylic acids is 1. The lowest BCUT2D eigenvalue weighted by atomic mass is 10.1. The summed E-state index contributed by atoms with van der Waals surface area (Å²) in [6, 6.07) is -0.548. The number of rotatable bonds is 9. The molecule has 0 aliphatic rings. The van der Waals surface area contributed by atoms with Gasteiger partial charge in [-0.3, -0.25) is 9.59 Å². The molecule has 0 heterocycles. The van der Waals surface area contributed by atoms with Gasteiger partial charge < -0.3 is 15.7 Å². The Bertz CT molecular complexity index is 326. The summed E-state index contributed by atoms with van der Waals surface area (Å²) in [5, 5.41) is 13.9. The molecule has 1 amide bonds. The van der Waals surface area contributed by atoms with Gasteiger partial charge in [0.05, 0.1) is 6.04 Å². The van der Waals surface area contributed by atoms with Crippen LogP contribution in [0, 0.1) is 0 Å². The summed E-state index contributed by atoms with van der Waals surface area (Å²) < 4.78 is 0. The molecule has 6 heteroatoms. The topological polar surface area (TPSA) is 95.5 Å². The van der Waals surface area contributed by atoms with Crippen molar-refractivity contribution in [2.75, 3.05) is 13.6 Å². The summed E-state index contributed by atoms with van der Waals surface area (Å²) in [6.07, 6.45) is 3.94. The van der Waals surface area contributed by atoms with E-state index in [1.165, 1.54) is 6.92 Å². The van der Waals surface area contributed by atoms with Crippen LogP contribution in [-0.2, 0) is 14.4 Å². The van der Waals surface area contributed by atoms with E-state index in [2.05, 4.69) is 10.6 Å². The van der Waals surface area contributed by atoms with Gasteiger partial charge in [0.25, 0.3) is 0 Å². The van der Waals surface area contributed by atoms with Gasteiger partial charge in [-0.15, -0.1) is 0 Å². The number of hydrogen-bond acceptors (Lipinski definition) is 4. The molecule has 0 radical (unpaired) electrons. The SMILES string of the molecule is CNCCCC[C@H](NC(=O)/C=C\C(=O)O)C(C)=O. The maximum Gasteiger partial charge on any atom is 0.328 e. The van der Waals surface area contributed by atoms with Crippen LogP contribution in [0.5, 0.6) is 0 Å². The van der Waals surface area contributed by atoms with Crippen molar-refractivity contribution in [3.63, 3.8) is 0 Å². The van der Waals surface area contributed by atoms with Gasteiger partial charge in [0.1, 0.15) is 0 Å². The van der Waals surface area contributed by atoms with Gasteiger partial charge in [-0.25, -0.2) is 4.79 Å². The van der Waals surface area contributed by atoms with E-state index >= 15 is 0 Å². The molecular formula is C12H20N2O4. The molecule has 6 nitrogen and oxygen atoms in total. The first-order chi connectivity index (χ1) is 8.47. The van der Waals surface area contributed by atoms with Gasteiger partial charge in [0.2, 0.25) is 5.91 Å². The largest absolute Gasteiger partial charge is 0.478 e. The van der Waals surface area contributed by atoms with E-state index in [0.717, 1.165) is 31.5 Å². The molecular weight excluding hydrogens is 236 g/mol. The van der Waals surface area contributed by atoms with Crippen LogP contribution in [0.15, 0.2) is 12.2 Å². The van der Waals surface area contributed by atoms with Crippen molar-refractivity contribution in [2.45, 2.75) is 32.2 Å². The number of Topliss-reactive ketones (excluding diaryl/α,β-unsaturated/α-hetero) is 1. The number of unbranched alkanes of at least 4 members (excludes halogenated alkanes) is 1. The standard InChI is InChI=1S/C12H20N2O4/c1-9(15)10(5-3-4-8-13-2)14-11(16)6-7-12(17)18/h6-7,10,13H,3-5,8H2,1-2H3,(H,14,16)(H,17,18)/b7-6-/t10-/m0/s1. The van der Waals surface area contributed by atoms with Crippen molar-refractivity contribution >= 4 is 17.7 Å². The second kappa shape index (κ2) is 9.35. The average Bonchev–Trinajstić information content (AvgIpc) is 2.30. The van der Waals surface area contributed by atoms with Crippen LogP contribution in [0.25, 0.3) is 0 Å². The Labute approximate surface area is 106 Å². The highest BCUT2D eigenvalue weighted by Gasteiger charge is 2.15. The zero-order valence-corrected chi connectivity index (χ0v) is 10.7. The Hall–Kier alpha value is -1.69. The minimum absolute atomic E-state index is 0.128. The van der Waals surface area contributed by atoms with Crippen molar-refractivity contribution in [1.29, 1.82) is 0 Å². The van der Waals surface area contributed by atoms with Crippen LogP contribution < -0.4 is 10.6 Å². The predicted molar refractivity (Wildman–Crippen MR) is 67.2 cm³/mol. The van der Waals surface area contributed by atoms with Gasteiger partial charge in [0, 0.05) is 12.2 Å². The van der Waals surface area contributed by atoms with Crippen molar-refractivity contribution in [1.82, 2.24) is 10.6 Å². The first-order valence-corrected chi connectivity index (χ1v) is 5.84. The molecule has 0 bridgehead atoms. The highest BCUT2D eigenvalue weighted by Crippen LogP contribution is 2.02. The minimum atomic E-state index is -1.20. The van der Waals surface area contributed by atoms with Crippen LogP contribution in [0.4, 0.5) is 0 Å². The van der Waals surface area contributed by atoms with E-state index < -0.39 is 17.9 Å². The van der Waals surface area contributed by atoms with Gasteiger partial charge in [-0.1, -0.05) is 0 Å². The summed E-state index contributed by atoms with van der Waals surface area (Å²) in [4.78, 5) is 32.9. The summed E-state index contributed by atoms with van der Waals surface area (Å²) >= 11 is 0. The number of amides is 1. The van der Waals surface area contributed by atoms with E-state index in [0.29, 0.717) is 6.42 Å². The van der Waals surface area contributed by atoms with Crippen molar-refractivity contribution in [3.8, 4) is 0 Å². The van der Waals surface area contributed by atoms with Crippen molar-refractivity contribution < 1.29 is 19.5 Å². The lowest BCUT2D eigenvalue weighted by molar-refractivity contribution is -0.131. The zero-order chi connectivity index (χ0) is 14.0. The van der Waals surface area contributed by atoms with Crippen molar-refractivity contribution in [2.24, 2.45) is 0 Å². The molecule has 18 heavy (non-hydrogen) atoms. The van der Waals surface area contributed by atoms with Crippen molar-refractivity contribution in [3.05, 3.63) is 12.2 Å². The van der Waals surface area contributed by atoms with E-state index in [1.54, 1.807) is 0 Å². The Morgan fingerprint density at radius 2 is 1.89 bits per heavy atom. The maximum atomic E-state index is 11.3. The molecule has 0 aliphatic heterocycles. The lowest BCUT2D eigenvalue weighted by Gasteiger charge is -2.14. The molecule has 0 aromatic carbocycles. The fraction of sp³-hybridized carbons (Fsp3) is 0.583. The number of nitrogens with one attached hydrogen (secondary N) is 2. The highest BCUT2D eigenvalue weighted by molar-refractivity contribution is 5.96. The number of carboxylic acid groups (broad SMARTS) is 1. The molecule has 3 N–H and O–H groups in total. The predicted octanol–water partition coefficient (Wildman–Crippen LogP) is 0.0907. The van der Waals surface area contributed by atoms with E-state index in [4.69, 9.17) is 5.11 Å². The van der Waals surface area contributed by atoms with E-state index in [1.807, 2.05) is 7.05 Å². The quantitative estimate of drug-likeness (QED) is 0.401. The number of aliphatic carboxylic acids is 1. The number of carbonyl (C=O) groups excluding carboxylic acids is 2. The molecule has 0 saturated heterocycles.